The van der Waals surface area contributed by atoms with Crippen LogP contribution in [0.4, 0.5) is 0 Å². The quantitative estimate of drug-likeness (QED) is 0.698. The molecule has 0 bridgehead atoms. The summed E-state index contributed by atoms with van der Waals surface area (Å²) in [5, 5.41) is 8.25. The van der Waals surface area contributed by atoms with E-state index in [-0.39, 0.29) is 0 Å². The molecule has 0 N–H and O–H groups in total. The molecular formula is C17H22N6O2. The van der Waals surface area contributed by atoms with Crippen molar-refractivity contribution in [3.63, 3.8) is 0 Å². The van der Waals surface area contributed by atoms with Crippen LogP contribution in [0.2, 0.25) is 0 Å². The van der Waals surface area contributed by atoms with Crippen LogP contribution >= 0.6 is 0 Å². The lowest BCUT2D eigenvalue weighted by Crippen LogP contribution is -2.45. The number of rotatable bonds is 5. The molecule has 0 saturated carbocycles. The minimum absolute atomic E-state index is 0.450. The Balaban J connectivity index is 1.31. The van der Waals surface area contributed by atoms with Crippen LogP contribution in [0.25, 0.3) is 11.7 Å². The third kappa shape index (κ3) is 3.49. The topological polar surface area (TPSA) is 76.4 Å². The summed E-state index contributed by atoms with van der Waals surface area (Å²) in [6, 6.07) is 1.89. The van der Waals surface area contributed by atoms with Gasteiger partial charge in [-0.05, 0) is 13.0 Å². The number of hydrogen-bond acceptors (Lipinski definition) is 7. The van der Waals surface area contributed by atoms with Crippen molar-refractivity contribution in [3.8, 4) is 11.7 Å². The van der Waals surface area contributed by atoms with Crippen LogP contribution in [-0.4, -0.2) is 55.7 Å². The molecule has 3 aromatic heterocycles. The van der Waals surface area contributed by atoms with E-state index in [1.54, 1.807) is 6.26 Å². The molecule has 3 aromatic rings. The molecule has 132 valence electrons. The van der Waals surface area contributed by atoms with E-state index >= 15 is 0 Å². The Hall–Kier alpha value is -2.45. The van der Waals surface area contributed by atoms with Gasteiger partial charge in [-0.2, -0.15) is 0 Å². The van der Waals surface area contributed by atoms with Gasteiger partial charge < -0.3 is 13.4 Å². The molecule has 0 aliphatic carbocycles. The molecule has 1 fully saturated rings. The third-order valence-corrected chi connectivity index (χ3v) is 4.63. The molecule has 0 spiro atoms. The molecule has 4 rings (SSSR count). The molecule has 8 nitrogen and oxygen atoms in total. The predicted octanol–water partition coefficient (Wildman–Crippen LogP) is 1.69. The third-order valence-electron chi connectivity index (χ3n) is 4.63. The van der Waals surface area contributed by atoms with E-state index in [0.29, 0.717) is 24.1 Å². The maximum Gasteiger partial charge on any atom is 0.283 e. The standard InChI is InChI=1S/C17H22N6O2/c1-13-3-10-24-16(13)17-20-19-15(25-17)12-23-8-6-22(7-9-23)11-14-18-4-5-21(14)2/h3-5,10H,6-9,11-12H2,1-2H3. The fraction of sp³-hybridized carbons (Fsp3) is 0.471. The molecule has 1 saturated heterocycles. The number of furan rings is 1. The zero-order valence-electron chi connectivity index (χ0n) is 14.6. The number of piperazine rings is 1. The van der Waals surface area contributed by atoms with Gasteiger partial charge in [0, 0.05) is 51.2 Å². The van der Waals surface area contributed by atoms with Gasteiger partial charge in [0.25, 0.3) is 5.89 Å². The number of aromatic nitrogens is 4. The van der Waals surface area contributed by atoms with E-state index in [9.17, 15) is 0 Å². The van der Waals surface area contributed by atoms with Crippen LogP contribution in [0.3, 0.4) is 0 Å². The van der Waals surface area contributed by atoms with Gasteiger partial charge in [-0.3, -0.25) is 9.80 Å². The Kier molecular flexibility index (Phi) is 4.37. The van der Waals surface area contributed by atoms with E-state index in [4.69, 9.17) is 8.83 Å². The van der Waals surface area contributed by atoms with Crippen LogP contribution in [-0.2, 0) is 20.1 Å². The highest BCUT2D eigenvalue weighted by atomic mass is 16.4. The molecule has 0 unspecified atom stereocenters. The first-order chi connectivity index (χ1) is 12.2. The van der Waals surface area contributed by atoms with Crippen molar-refractivity contribution >= 4 is 0 Å². The van der Waals surface area contributed by atoms with Gasteiger partial charge >= 0.3 is 0 Å². The molecule has 25 heavy (non-hydrogen) atoms. The molecule has 4 heterocycles. The first-order valence-corrected chi connectivity index (χ1v) is 8.47. The van der Waals surface area contributed by atoms with Crippen LogP contribution in [0.15, 0.2) is 33.6 Å². The lowest BCUT2D eigenvalue weighted by atomic mass is 10.3. The predicted molar refractivity (Wildman–Crippen MR) is 90.5 cm³/mol. The first-order valence-electron chi connectivity index (χ1n) is 8.47. The molecule has 1 aliphatic rings. The Morgan fingerprint density at radius 3 is 2.48 bits per heavy atom. The number of nitrogens with zero attached hydrogens (tertiary/aromatic N) is 6. The van der Waals surface area contributed by atoms with E-state index in [2.05, 4.69) is 29.5 Å². The lowest BCUT2D eigenvalue weighted by Gasteiger charge is -2.33. The van der Waals surface area contributed by atoms with Crippen molar-refractivity contribution in [3.05, 3.63) is 42.0 Å². The average Bonchev–Trinajstić information content (AvgIpc) is 3.32. The van der Waals surface area contributed by atoms with Crippen LogP contribution < -0.4 is 0 Å². The van der Waals surface area contributed by atoms with Crippen molar-refractivity contribution in [1.82, 2.24) is 29.5 Å². The van der Waals surface area contributed by atoms with Gasteiger partial charge in [-0.25, -0.2) is 4.98 Å². The average molecular weight is 342 g/mol. The van der Waals surface area contributed by atoms with Crippen molar-refractivity contribution in [1.29, 1.82) is 0 Å². The second-order valence-electron chi connectivity index (χ2n) is 6.44. The maximum absolute atomic E-state index is 5.75. The summed E-state index contributed by atoms with van der Waals surface area (Å²) < 4.78 is 13.2. The van der Waals surface area contributed by atoms with Crippen molar-refractivity contribution in [2.45, 2.75) is 20.0 Å². The molecule has 0 aromatic carbocycles. The van der Waals surface area contributed by atoms with Crippen molar-refractivity contribution < 1.29 is 8.83 Å². The summed E-state index contributed by atoms with van der Waals surface area (Å²) in [7, 11) is 2.03. The largest absolute Gasteiger partial charge is 0.459 e. The highest BCUT2D eigenvalue weighted by Crippen LogP contribution is 2.23. The molecular weight excluding hydrogens is 320 g/mol. The second-order valence-corrected chi connectivity index (χ2v) is 6.44. The van der Waals surface area contributed by atoms with Crippen LogP contribution in [0.1, 0.15) is 17.3 Å². The number of hydrogen-bond donors (Lipinski definition) is 0. The highest BCUT2D eigenvalue weighted by molar-refractivity contribution is 5.49. The number of imidazole rings is 1. The Labute approximate surface area is 146 Å². The summed E-state index contributed by atoms with van der Waals surface area (Å²) in [4.78, 5) is 9.15. The minimum atomic E-state index is 0.450. The van der Waals surface area contributed by atoms with Gasteiger partial charge in [0.1, 0.15) is 5.82 Å². The van der Waals surface area contributed by atoms with Gasteiger partial charge in [-0.1, -0.05) is 0 Å². The first kappa shape index (κ1) is 16.0. The van der Waals surface area contributed by atoms with Crippen LogP contribution in [0.5, 0.6) is 0 Å². The fourth-order valence-corrected chi connectivity index (χ4v) is 3.05. The van der Waals surface area contributed by atoms with E-state index in [0.717, 1.165) is 44.1 Å². The lowest BCUT2D eigenvalue weighted by molar-refractivity contribution is 0.112. The van der Waals surface area contributed by atoms with Crippen LogP contribution in [0, 0.1) is 6.92 Å². The van der Waals surface area contributed by atoms with E-state index < -0.39 is 0 Å². The van der Waals surface area contributed by atoms with E-state index in [1.807, 2.05) is 32.4 Å². The zero-order chi connectivity index (χ0) is 17.2. The minimum Gasteiger partial charge on any atom is -0.459 e. The molecule has 0 atom stereocenters. The summed E-state index contributed by atoms with van der Waals surface area (Å²) >= 11 is 0. The van der Waals surface area contributed by atoms with Gasteiger partial charge in [0.2, 0.25) is 5.89 Å². The second kappa shape index (κ2) is 6.81. The summed E-state index contributed by atoms with van der Waals surface area (Å²) in [6.45, 7) is 7.48. The normalized spacial score (nSPS) is 16.6. The maximum atomic E-state index is 5.75. The molecule has 0 radical (unpaired) electrons. The SMILES string of the molecule is Cc1ccoc1-c1nnc(CN2CCN(Cc3nccn3C)CC2)o1. The smallest absolute Gasteiger partial charge is 0.283 e. The van der Waals surface area contributed by atoms with Crippen molar-refractivity contribution in [2.75, 3.05) is 26.2 Å². The number of aryl methyl sites for hydroxylation is 2. The monoisotopic (exact) mass is 342 g/mol. The summed E-state index contributed by atoms with van der Waals surface area (Å²) in [5.74, 6) is 2.83. The Morgan fingerprint density at radius 1 is 1.08 bits per heavy atom. The summed E-state index contributed by atoms with van der Waals surface area (Å²) in [6.07, 6.45) is 5.47. The summed E-state index contributed by atoms with van der Waals surface area (Å²) in [5.41, 5.74) is 0.998. The van der Waals surface area contributed by atoms with Gasteiger partial charge in [0.15, 0.2) is 5.76 Å². The molecule has 0 amide bonds. The molecule has 8 heteroatoms. The fourth-order valence-electron chi connectivity index (χ4n) is 3.05. The highest BCUT2D eigenvalue weighted by Gasteiger charge is 2.21. The van der Waals surface area contributed by atoms with E-state index in [1.165, 1.54) is 0 Å². The Morgan fingerprint density at radius 2 is 1.84 bits per heavy atom. The molecule has 1 aliphatic heterocycles. The Bertz CT molecular complexity index is 828. The van der Waals surface area contributed by atoms with Gasteiger partial charge in [0.05, 0.1) is 19.4 Å². The van der Waals surface area contributed by atoms with Gasteiger partial charge in [-0.15, -0.1) is 10.2 Å². The van der Waals surface area contributed by atoms with Crippen molar-refractivity contribution in [2.24, 2.45) is 7.05 Å². The zero-order valence-corrected chi connectivity index (χ0v) is 14.6.